The average molecular weight is 411 g/mol. The highest BCUT2D eigenvalue weighted by atomic mass is 16.5. The number of nitrogens with one attached hydrogen (secondary N) is 1. The first kappa shape index (κ1) is 20.5. The number of nitrogens with zero attached hydrogens (tertiary/aromatic N) is 1. The molecule has 2 aromatic rings. The standard InChI is InChI=1S/C24H30N2O4/c1-28-20-10-7-18(8-11-20)21-6-3-2-4-13-26(21)17-24(27)25-19-9-12-22-23(16-19)30-15-5-14-29-22/h7-12,16,21H,2-6,13-15,17H2,1H3,(H,25,27). The average Bonchev–Trinajstić information content (AvgIpc) is 3.14. The Labute approximate surface area is 178 Å². The minimum absolute atomic E-state index is 0.00935. The van der Waals surface area contributed by atoms with Gasteiger partial charge >= 0.3 is 0 Å². The summed E-state index contributed by atoms with van der Waals surface area (Å²) in [5.41, 5.74) is 1.97. The molecule has 0 aromatic heterocycles. The molecular weight excluding hydrogens is 380 g/mol. The fourth-order valence-electron chi connectivity index (χ4n) is 4.19. The zero-order valence-corrected chi connectivity index (χ0v) is 17.6. The van der Waals surface area contributed by atoms with Crippen LogP contribution in [0.3, 0.4) is 0 Å². The van der Waals surface area contributed by atoms with Crippen molar-refractivity contribution in [3.63, 3.8) is 0 Å². The monoisotopic (exact) mass is 410 g/mol. The summed E-state index contributed by atoms with van der Waals surface area (Å²) < 4.78 is 16.7. The summed E-state index contributed by atoms with van der Waals surface area (Å²) in [7, 11) is 1.68. The maximum atomic E-state index is 12.9. The molecule has 2 aliphatic heterocycles. The molecule has 160 valence electrons. The van der Waals surface area contributed by atoms with Crippen molar-refractivity contribution in [1.82, 2.24) is 4.90 Å². The molecule has 2 heterocycles. The molecule has 0 bridgehead atoms. The van der Waals surface area contributed by atoms with Crippen LogP contribution in [0.5, 0.6) is 17.2 Å². The molecule has 0 spiro atoms. The topological polar surface area (TPSA) is 60.0 Å². The van der Waals surface area contributed by atoms with Crippen molar-refractivity contribution >= 4 is 11.6 Å². The molecule has 6 heteroatoms. The molecule has 1 amide bonds. The first-order valence-corrected chi connectivity index (χ1v) is 10.8. The number of carbonyl (C=O) groups excluding carboxylic acids is 1. The number of anilines is 1. The summed E-state index contributed by atoms with van der Waals surface area (Å²) in [4.78, 5) is 15.2. The van der Waals surface area contributed by atoms with Gasteiger partial charge in [-0.2, -0.15) is 0 Å². The van der Waals surface area contributed by atoms with Crippen LogP contribution in [0.1, 0.15) is 43.7 Å². The molecule has 6 nitrogen and oxygen atoms in total. The highest BCUT2D eigenvalue weighted by Crippen LogP contribution is 2.33. The number of rotatable bonds is 5. The Kier molecular flexibility index (Phi) is 6.74. The lowest BCUT2D eigenvalue weighted by molar-refractivity contribution is -0.117. The third kappa shape index (κ3) is 5.05. The fraction of sp³-hybridized carbons (Fsp3) is 0.458. The largest absolute Gasteiger partial charge is 0.497 e. The summed E-state index contributed by atoms with van der Waals surface area (Å²) in [6.07, 6.45) is 5.41. The van der Waals surface area contributed by atoms with E-state index in [1.54, 1.807) is 7.11 Å². The number of ether oxygens (including phenoxy) is 3. The first-order valence-electron chi connectivity index (χ1n) is 10.8. The van der Waals surface area contributed by atoms with E-state index in [1.807, 2.05) is 30.3 Å². The summed E-state index contributed by atoms with van der Waals surface area (Å²) in [5.74, 6) is 2.27. The number of carbonyl (C=O) groups is 1. The molecule has 1 fully saturated rings. The van der Waals surface area contributed by atoms with Crippen LogP contribution < -0.4 is 19.5 Å². The van der Waals surface area contributed by atoms with Gasteiger partial charge in [0.05, 0.1) is 26.9 Å². The maximum absolute atomic E-state index is 12.9. The molecule has 2 aromatic carbocycles. The van der Waals surface area contributed by atoms with Crippen molar-refractivity contribution in [3.8, 4) is 17.2 Å². The van der Waals surface area contributed by atoms with Crippen LogP contribution in [0.15, 0.2) is 42.5 Å². The van der Waals surface area contributed by atoms with Gasteiger partial charge in [0, 0.05) is 24.2 Å². The SMILES string of the molecule is COc1ccc(C2CCCCCN2CC(=O)Nc2ccc3c(c2)OCCCO3)cc1. The quantitative estimate of drug-likeness (QED) is 0.791. The van der Waals surface area contributed by atoms with Gasteiger partial charge in [0.2, 0.25) is 5.91 Å². The van der Waals surface area contributed by atoms with Crippen LogP contribution in [0, 0.1) is 0 Å². The summed E-state index contributed by atoms with van der Waals surface area (Å²) >= 11 is 0. The number of methoxy groups -OCH3 is 1. The zero-order valence-electron chi connectivity index (χ0n) is 17.6. The maximum Gasteiger partial charge on any atom is 0.238 e. The lowest BCUT2D eigenvalue weighted by Gasteiger charge is -2.30. The number of amides is 1. The van der Waals surface area contributed by atoms with Crippen molar-refractivity contribution in [2.75, 3.05) is 38.7 Å². The Morgan fingerprint density at radius 2 is 1.83 bits per heavy atom. The second kappa shape index (κ2) is 9.85. The van der Waals surface area contributed by atoms with Gasteiger partial charge in [-0.05, 0) is 49.2 Å². The van der Waals surface area contributed by atoms with E-state index in [2.05, 4.69) is 22.3 Å². The van der Waals surface area contributed by atoms with E-state index in [4.69, 9.17) is 14.2 Å². The van der Waals surface area contributed by atoms with E-state index in [9.17, 15) is 4.79 Å². The molecule has 30 heavy (non-hydrogen) atoms. The molecule has 1 N–H and O–H groups in total. The van der Waals surface area contributed by atoms with Crippen molar-refractivity contribution in [2.45, 2.75) is 38.1 Å². The van der Waals surface area contributed by atoms with E-state index in [0.29, 0.717) is 25.5 Å². The van der Waals surface area contributed by atoms with Crippen LogP contribution in [-0.2, 0) is 4.79 Å². The molecule has 0 saturated carbocycles. The molecule has 1 saturated heterocycles. The Morgan fingerprint density at radius 1 is 1.03 bits per heavy atom. The predicted molar refractivity (Wildman–Crippen MR) is 116 cm³/mol. The van der Waals surface area contributed by atoms with E-state index < -0.39 is 0 Å². The summed E-state index contributed by atoms with van der Waals surface area (Å²) in [5, 5.41) is 3.03. The third-order valence-corrected chi connectivity index (χ3v) is 5.74. The smallest absolute Gasteiger partial charge is 0.238 e. The molecule has 1 unspecified atom stereocenters. The Hall–Kier alpha value is -2.73. The van der Waals surface area contributed by atoms with Gasteiger partial charge in [0.25, 0.3) is 0 Å². The number of benzene rings is 2. The van der Waals surface area contributed by atoms with Crippen molar-refractivity contribution in [1.29, 1.82) is 0 Å². The van der Waals surface area contributed by atoms with Crippen LogP contribution in [0.2, 0.25) is 0 Å². The van der Waals surface area contributed by atoms with Crippen LogP contribution in [0.25, 0.3) is 0 Å². The summed E-state index contributed by atoms with van der Waals surface area (Å²) in [6, 6.07) is 14.0. The number of likely N-dealkylation sites (tertiary alicyclic amines) is 1. The second-order valence-electron chi connectivity index (χ2n) is 7.87. The van der Waals surface area contributed by atoms with Crippen molar-refractivity contribution < 1.29 is 19.0 Å². The minimum Gasteiger partial charge on any atom is -0.497 e. The molecule has 4 rings (SSSR count). The van der Waals surface area contributed by atoms with E-state index >= 15 is 0 Å². The molecule has 0 radical (unpaired) electrons. The van der Waals surface area contributed by atoms with Gasteiger partial charge in [0.1, 0.15) is 5.75 Å². The number of hydrogen-bond acceptors (Lipinski definition) is 5. The lowest BCUT2D eigenvalue weighted by atomic mass is 10.0. The molecule has 2 aliphatic rings. The Morgan fingerprint density at radius 3 is 2.63 bits per heavy atom. The van der Waals surface area contributed by atoms with Gasteiger partial charge in [-0.25, -0.2) is 0 Å². The number of fused-ring (bicyclic) bond motifs is 1. The Bertz CT molecular complexity index is 853. The molecule has 1 atom stereocenters. The normalized spacial score (nSPS) is 19.4. The van der Waals surface area contributed by atoms with Crippen LogP contribution in [-0.4, -0.2) is 44.2 Å². The van der Waals surface area contributed by atoms with E-state index in [1.165, 1.54) is 18.4 Å². The van der Waals surface area contributed by atoms with Gasteiger partial charge in [-0.15, -0.1) is 0 Å². The first-order chi connectivity index (χ1) is 14.7. The Balaban J connectivity index is 1.44. The zero-order chi connectivity index (χ0) is 20.8. The lowest BCUT2D eigenvalue weighted by Crippen LogP contribution is -2.36. The third-order valence-electron chi connectivity index (χ3n) is 5.74. The van der Waals surface area contributed by atoms with Crippen molar-refractivity contribution in [2.24, 2.45) is 0 Å². The van der Waals surface area contributed by atoms with Crippen LogP contribution in [0.4, 0.5) is 5.69 Å². The van der Waals surface area contributed by atoms with Gasteiger partial charge < -0.3 is 19.5 Å². The minimum atomic E-state index is -0.00935. The van der Waals surface area contributed by atoms with Crippen molar-refractivity contribution in [3.05, 3.63) is 48.0 Å². The summed E-state index contributed by atoms with van der Waals surface area (Å²) in [6.45, 7) is 2.57. The molecular formula is C24H30N2O4. The van der Waals surface area contributed by atoms with Gasteiger partial charge in [-0.3, -0.25) is 9.69 Å². The van der Waals surface area contributed by atoms with Gasteiger partial charge in [0.15, 0.2) is 11.5 Å². The van der Waals surface area contributed by atoms with Crippen LogP contribution >= 0.6 is 0 Å². The van der Waals surface area contributed by atoms with E-state index in [0.717, 1.165) is 43.0 Å². The predicted octanol–water partition coefficient (Wildman–Crippen LogP) is 4.41. The highest BCUT2D eigenvalue weighted by Gasteiger charge is 2.24. The molecule has 0 aliphatic carbocycles. The second-order valence-corrected chi connectivity index (χ2v) is 7.87. The van der Waals surface area contributed by atoms with E-state index in [-0.39, 0.29) is 11.9 Å². The fourth-order valence-corrected chi connectivity index (χ4v) is 4.19. The number of hydrogen-bond donors (Lipinski definition) is 1. The van der Waals surface area contributed by atoms with Gasteiger partial charge in [-0.1, -0.05) is 25.0 Å². The highest BCUT2D eigenvalue weighted by molar-refractivity contribution is 5.92.